The van der Waals surface area contributed by atoms with E-state index in [9.17, 15) is 18.5 Å². The Balaban J connectivity index is 1.62. The van der Waals surface area contributed by atoms with E-state index in [1.165, 1.54) is 34.6 Å². The first-order chi connectivity index (χ1) is 19.3. The predicted octanol–water partition coefficient (Wildman–Crippen LogP) is 6.41. The highest BCUT2D eigenvalue weighted by Gasteiger charge is 2.34. The molecule has 6 rings (SSSR count). The zero-order chi connectivity index (χ0) is 28.0. The molecule has 0 spiro atoms. The number of methoxy groups -OCH3 is 1. The Hall–Kier alpha value is -4.10. The van der Waals surface area contributed by atoms with Crippen molar-refractivity contribution >= 4 is 55.5 Å². The molecule has 1 saturated heterocycles. The Morgan fingerprint density at radius 1 is 1.05 bits per heavy atom. The smallest absolute Gasteiger partial charge is 0.312 e. The summed E-state index contributed by atoms with van der Waals surface area (Å²) in [5.74, 6) is -0.449. The van der Waals surface area contributed by atoms with E-state index in [0.29, 0.717) is 56.3 Å². The van der Waals surface area contributed by atoms with Crippen LogP contribution in [0.5, 0.6) is 0 Å². The van der Waals surface area contributed by atoms with Crippen LogP contribution >= 0.6 is 22.9 Å². The quantitative estimate of drug-likeness (QED) is 0.213. The van der Waals surface area contributed by atoms with Gasteiger partial charge in [-0.25, -0.2) is 12.4 Å². The number of para-hydroxylation sites is 1. The van der Waals surface area contributed by atoms with Gasteiger partial charge in [-0.1, -0.05) is 41.9 Å². The number of benzene rings is 3. The maximum absolute atomic E-state index is 14.3. The average molecular weight is 588 g/mol. The van der Waals surface area contributed by atoms with Crippen molar-refractivity contribution in [1.29, 1.82) is 5.26 Å². The third-order valence-corrected chi connectivity index (χ3v) is 9.92. The first kappa shape index (κ1) is 26.1. The molecule has 0 amide bonds. The highest BCUT2D eigenvalue weighted by atomic mass is 35.5. The molecule has 10 heteroatoms. The Morgan fingerprint density at radius 3 is 2.52 bits per heavy atom. The van der Waals surface area contributed by atoms with Gasteiger partial charge in [0.25, 0.3) is 10.0 Å². The number of rotatable bonds is 6. The van der Waals surface area contributed by atoms with Crippen molar-refractivity contribution in [3.05, 3.63) is 94.1 Å². The monoisotopic (exact) mass is 587 g/mol. The molecule has 3 heterocycles. The van der Waals surface area contributed by atoms with E-state index in [2.05, 4.69) is 11.0 Å². The fourth-order valence-electron chi connectivity index (χ4n) is 5.16. The second-order valence-electron chi connectivity index (χ2n) is 9.41. The molecule has 0 bridgehead atoms. The number of thiophene rings is 1. The molecule has 7 nitrogen and oxygen atoms in total. The molecular weight excluding hydrogens is 566 g/mol. The summed E-state index contributed by atoms with van der Waals surface area (Å²) in [7, 11) is -2.71. The van der Waals surface area contributed by atoms with E-state index < -0.39 is 10.0 Å². The van der Waals surface area contributed by atoms with Crippen molar-refractivity contribution in [1.82, 2.24) is 3.97 Å². The Labute approximate surface area is 240 Å². The van der Waals surface area contributed by atoms with Crippen molar-refractivity contribution in [2.24, 2.45) is 5.92 Å². The first-order valence-electron chi connectivity index (χ1n) is 12.4. The highest BCUT2D eigenvalue weighted by Crippen LogP contribution is 2.45. The minimum absolute atomic E-state index is 0.0936. The average Bonchev–Trinajstić information content (AvgIpc) is 3.55. The summed E-state index contributed by atoms with van der Waals surface area (Å²) in [4.78, 5) is 14.6. The molecule has 1 fully saturated rings. The number of halogens is 1. The summed E-state index contributed by atoms with van der Waals surface area (Å²) >= 11 is 7.39. The van der Waals surface area contributed by atoms with E-state index in [-0.39, 0.29) is 16.8 Å². The summed E-state index contributed by atoms with van der Waals surface area (Å²) < 4.78 is 34.9. The van der Waals surface area contributed by atoms with Crippen LogP contribution in [0, 0.1) is 17.2 Å². The molecule has 5 aromatic rings. The molecular formula is C30H22ClN3O4S2. The Bertz CT molecular complexity index is 1910. The lowest BCUT2D eigenvalue weighted by molar-refractivity contribution is -0.146. The number of anilines is 1. The van der Waals surface area contributed by atoms with Crippen LogP contribution in [0.4, 0.5) is 5.69 Å². The van der Waals surface area contributed by atoms with Crippen molar-refractivity contribution < 1.29 is 17.9 Å². The van der Waals surface area contributed by atoms with Gasteiger partial charge in [0.1, 0.15) is 10.9 Å². The normalized spacial score (nSPS) is 13.7. The summed E-state index contributed by atoms with van der Waals surface area (Å²) in [6, 6.07) is 25.1. The molecule has 0 atom stereocenters. The van der Waals surface area contributed by atoms with Gasteiger partial charge < -0.3 is 9.64 Å². The minimum Gasteiger partial charge on any atom is -0.469 e. The lowest BCUT2D eigenvalue weighted by Crippen LogP contribution is -2.50. The van der Waals surface area contributed by atoms with E-state index in [0.717, 1.165) is 5.69 Å². The molecule has 0 N–H and O–H groups in total. The SMILES string of the molecule is COC(=O)C1CN(c2cccc(-c3c(-c4ccsc4C#N)c4ccccc4n3S(=O)(=O)c3ccc(Cl)cc3)c2)C1. The van der Waals surface area contributed by atoms with Crippen molar-refractivity contribution in [3.63, 3.8) is 0 Å². The van der Waals surface area contributed by atoms with Gasteiger partial charge in [-0.15, -0.1) is 11.3 Å². The van der Waals surface area contributed by atoms with Crippen molar-refractivity contribution in [3.8, 4) is 28.5 Å². The molecule has 0 unspecified atom stereocenters. The van der Waals surface area contributed by atoms with E-state index in [4.69, 9.17) is 16.3 Å². The second kappa shape index (κ2) is 10.1. The standard InChI is InChI=1S/C30H22ClN3O4S2/c1-38-30(35)20-17-33(18-20)22-6-4-5-19(15-22)29-28(25-13-14-39-27(25)16-32)24-7-2-3-8-26(24)34(29)40(36,37)23-11-9-21(31)10-12-23/h2-15,20H,17-18H2,1H3. The number of nitrogens with zero attached hydrogens (tertiary/aromatic N) is 3. The number of esters is 1. The molecule has 3 aromatic carbocycles. The largest absolute Gasteiger partial charge is 0.469 e. The van der Waals surface area contributed by atoms with Gasteiger partial charge in [-0.2, -0.15) is 5.26 Å². The highest BCUT2D eigenvalue weighted by molar-refractivity contribution is 7.90. The molecule has 1 aliphatic rings. The third kappa shape index (κ3) is 4.25. The molecule has 0 saturated carbocycles. The van der Waals surface area contributed by atoms with Gasteiger partial charge in [0.05, 0.1) is 29.1 Å². The number of nitriles is 1. The number of carbonyl (C=O) groups excluding carboxylic acids is 1. The number of carbonyl (C=O) groups is 1. The molecule has 1 aliphatic heterocycles. The van der Waals surface area contributed by atoms with Crippen molar-refractivity contribution in [2.45, 2.75) is 4.90 Å². The van der Waals surface area contributed by atoms with E-state index in [1.807, 2.05) is 47.8 Å². The van der Waals surface area contributed by atoms with Crippen molar-refractivity contribution in [2.75, 3.05) is 25.1 Å². The number of aromatic nitrogens is 1. The molecule has 0 radical (unpaired) electrons. The number of fused-ring (bicyclic) bond motifs is 1. The van der Waals surface area contributed by atoms with Crippen LogP contribution < -0.4 is 4.90 Å². The van der Waals surface area contributed by atoms with Crippen LogP contribution in [0.15, 0.2) is 89.1 Å². The van der Waals surface area contributed by atoms with Gasteiger partial charge >= 0.3 is 5.97 Å². The fraction of sp³-hybridized carbons (Fsp3) is 0.133. The van der Waals surface area contributed by atoms with E-state index in [1.54, 1.807) is 24.3 Å². The minimum atomic E-state index is -4.10. The second-order valence-corrected chi connectivity index (χ2v) is 12.6. The Kier molecular flexibility index (Phi) is 6.62. The molecule has 2 aromatic heterocycles. The van der Waals surface area contributed by atoms with Gasteiger partial charge in [0.2, 0.25) is 0 Å². The van der Waals surface area contributed by atoms with Gasteiger partial charge in [-0.3, -0.25) is 4.79 Å². The van der Waals surface area contributed by atoms with Crippen LogP contribution in [0.25, 0.3) is 33.3 Å². The van der Waals surface area contributed by atoms with Crippen LogP contribution in [0.2, 0.25) is 5.02 Å². The van der Waals surface area contributed by atoms with Crippen LogP contribution in [0.3, 0.4) is 0 Å². The lowest BCUT2D eigenvalue weighted by Gasteiger charge is -2.39. The third-order valence-electron chi connectivity index (χ3n) is 7.12. The predicted molar refractivity (Wildman–Crippen MR) is 157 cm³/mol. The summed E-state index contributed by atoms with van der Waals surface area (Å²) in [6.45, 7) is 1.02. The lowest BCUT2D eigenvalue weighted by atomic mass is 9.96. The summed E-state index contributed by atoms with van der Waals surface area (Å²) in [5.41, 5.74) is 3.81. The molecule has 40 heavy (non-hydrogen) atoms. The number of hydrogen-bond acceptors (Lipinski definition) is 7. The molecule has 0 aliphatic carbocycles. The van der Waals surface area contributed by atoms with Gasteiger partial charge in [0.15, 0.2) is 0 Å². The van der Waals surface area contributed by atoms with E-state index >= 15 is 0 Å². The number of hydrogen-bond donors (Lipinski definition) is 0. The first-order valence-corrected chi connectivity index (χ1v) is 15.1. The summed E-state index contributed by atoms with van der Waals surface area (Å²) in [6.07, 6.45) is 0. The van der Waals surface area contributed by atoms with Crippen LogP contribution in [-0.4, -0.2) is 38.6 Å². The summed E-state index contributed by atoms with van der Waals surface area (Å²) in [5, 5.41) is 12.9. The van der Waals surface area contributed by atoms with Crippen LogP contribution in [0.1, 0.15) is 4.88 Å². The maximum Gasteiger partial charge on any atom is 0.312 e. The zero-order valence-corrected chi connectivity index (χ0v) is 23.6. The van der Waals surface area contributed by atoms with Gasteiger partial charge in [-0.05, 0) is 53.9 Å². The molecule has 200 valence electrons. The fourth-order valence-corrected chi connectivity index (χ4v) is 7.52. The maximum atomic E-state index is 14.3. The zero-order valence-electron chi connectivity index (χ0n) is 21.2. The van der Waals surface area contributed by atoms with Gasteiger partial charge in [0, 0.05) is 45.9 Å². The number of ether oxygens (including phenoxy) is 1. The topological polar surface area (TPSA) is 92.4 Å². The Morgan fingerprint density at radius 2 is 1.80 bits per heavy atom. The van der Waals surface area contributed by atoms with Crippen LogP contribution in [-0.2, 0) is 19.6 Å².